The van der Waals surface area contributed by atoms with Crippen molar-refractivity contribution in [2.75, 3.05) is 24.5 Å². The predicted octanol–water partition coefficient (Wildman–Crippen LogP) is 3.80. The number of primary amides is 1. The van der Waals surface area contributed by atoms with E-state index in [9.17, 15) is 22.8 Å². The van der Waals surface area contributed by atoms with Gasteiger partial charge >= 0.3 is 6.18 Å². The Bertz CT molecular complexity index is 1180. The lowest BCUT2D eigenvalue weighted by Gasteiger charge is -2.40. The number of nitrogens with two attached hydrogens (primary N) is 1. The zero-order valence-electron chi connectivity index (χ0n) is 19.4. The lowest BCUT2D eigenvalue weighted by atomic mass is 9.76. The fourth-order valence-electron chi connectivity index (χ4n) is 5.31. The molecule has 2 saturated heterocycles. The van der Waals surface area contributed by atoms with Crippen LogP contribution in [0.2, 0.25) is 0 Å². The quantitative estimate of drug-likeness (QED) is 0.715. The molecule has 6 nitrogen and oxygen atoms in total. The second kappa shape index (κ2) is 9.25. The first-order valence-corrected chi connectivity index (χ1v) is 11.5. The van der Waals surface area contributed by atoms with E-state index in [0.717, 1.165) is 17.2 Å². The monoisotopic (exact) mass is 484 g/mol. The Morgan fingerprint density at radius 1 is 1.17 bits per heavy atom. The summed E-state index contributed by atoms with van der Waals surface area (Å²) in [7, 11) is 0. The number of alkyl halides is 3. The number of nitriles is 1. The first kappa shape index (κ1) is 24.6. The topological polar surface area (TPSA) is 90.4 Å². The Kier molecular flexibility index (Phi) is 6.50. The van der Waals surface area contributed by atoms with Gasteiger partial charge in [-0.15, -0.1) is 0 Å². The number of amides is 2. The third-order valence-electron chi connectivity index (χ3n) is 7.38. The molecule has 9 heteroatoms. The van der Waals surface area contributed by atoms with Crippen molar-refractivity contribution in [3.63, 3.8) is 0 Å². The number of hydrogen-bond acceptors (Lipinski definition) is 4. The molecule has 2 fully saturated rings. The van der Waals surface area contributed by atoms with Crippen LogP contribution in [0.1, 0.15) is 41.5 Å². The van der Waals surface area contributed by atoms with Crippen LogP contribution in [0.5, 0.6) is 0 Å². The van der Waals surface area contributed by atoms with Gasteiger partial charge in [0, 0.05) is 25.3 Å². The Labute approximate surface area is 202 Å². The van der Waals surface area contributed by atoms with Crippen LogP contribution in [-0.4, -0.2) is 42.4 Å². The van der Waals surface area contributed by atoms with Crippen LogP contribution < -0.4 is 10.6 Å². The number of carbonyl (C=O) groups is 2. The maximum absolute atomic E-state index is 13.4. The molecule has 2 aromatic rings. The molecule has 2 aliphatic rings. The first-order chi connectivity index (χ1) is 16.5. The summed E-state index contributed by atoms with van der Waals surface area (Å²) < 4.78 is 40.2. The molecule has 0 saturated carbocycles. The largest absolute Gasteiger partial charge is 0.417 e. The summed E-state index contributed by atoms with van der Waals surface area (Å²) in [6.45, 7) is 3.30. The summed E-state index contributed by atoms with van der Waals surface area (Å²) >= 11 is 0. The highest BCUT2D eigenvalue weighted by Crippen LogP contribution is 2.45. The molecule has 184 valence electrons. The molecule has 1 spiro atoms. The molecular weight excluding hydrogens is 457 g/mol. The van der Waals surface area contributed by atoms with Crippen LogP contribution in [0.25, 0.3) is 0 Å². The number of hydrogen-bond donors (Lipinski definition) is 1. The molecule has 2 heterocycles. The van der Waals surface area contributed by atoms with Gasteiger partial charge in [0.15, 0.2) is 0 Å². The SMILES string of the molecule is Cc1ccccc1CC(=O)N1CC2(CCN(c3ccc(C#N)c(C(F)(F)F)c3)CC2)CC1C(N)=O. The average Bonchev–Trinajstić information content (AvgIpc) is 3.20. The first-order valence-electron chi connectivity index (χ1n) is 11.5. The zero-order chi connectivity index (χ0) is 25.4. The van der Waals surface area contributed by atoms with Crippen molar-refractivity contribution < 1.29 is 22.8 Å². The van der Waals surface area contributed by atoms with E-state index in [1.54, 1.807) is 11.0 Å². The van der Waals surface area contributed by atoms with Crippen LogP contribution in [-0.2, 0) is 22.2 Å². The van der Waals surface area contributed by atoms with E-state index in [1.807, 2.05) is 36.1 Å². The predicted molar refractivity (Wildman–Crippen MR) is 124 cm³/mol. The number of rotatable bonds is 4. The number of likely N-dealkylation sites (tertiary alicyclic amines) is 1. The number of piperidine rings is 1. The van der Waals surface area contributed by atoms with Gasteiger partial charge in [-0.2, -0.15) is 18.4 Å². The van der Waals surface area contributed by atoms with Crippen LogP contribution in [0.4, 0.5) is 18.9 Å². The van der Waals surface area contributed by atoms with Gasteiger partial charge in [-0.1, -0.05) is 24.3 Å². The van der Waals surface area contributed by atoms with E-state index in [1.165, 1.54) is 12.1 Å². The van der Waals surface area contributed by atoms with Crippen molar-refractivity contribution in [2.24, 2.45) is 11.1 Å². The second-order valence-corrected chi connectivity index (χ2v) is 9.57. The fraction of sp³-hybridized carbons (Fsp3) is 0.423. The second-order valence-electron chi connectivity index (χ2n) is 9.57. The normalized spacial score (nSPS) is 19.6. The van der Waals surface area contributed by atoms with E-state index in [2.05, 4.69) is 0 Å². The van der Waals surface area contributed by atoms with Gasteiger partial charge in [0.2, 0.25) is 11.8 Å². The van der Waals surface area contributed by atoms with E-state index < -0.39 is 29.3 Å². The van der Waals surface area contributed by atoms with Crippen molar-refractivity contribution in [1.29, 1.82) is 5.26 Å². The molecule has 2 amide bonds. The van der Waals surface area contributed by atoms with Crippen molar-refractivity contribution in [3.8, 4) is 6.07 Å². The van der Waals surface area contributed by atoms with Crippen LogP contribution in [0.3, 0.4) is 0 Å². The molecule has 1 unspecified atom stereocenters. The molecule has 0 aliphatic carbocycles. The lowest BCUT2D eigenvalue weighted by molar-refractivity contribution is -0.137. The van der Waals surface area contributed by atoms with Gasteiger partial charge in [0.1, 0.15) is 6.04 Å². The third-order valence-corrected chi connectivity index (χ3v) is 7.38. The highest BCUT2D eigenvalue weighted by molar-refractivity contribution is 5.88. The lowest BCUT2D eigenvalue weighted by Crippen LogP contribution is -2.45. The minimum absolute atomic E-state index is 0.149. The molecule has 2 N–H and O–H groups in total. The summed E-state index contributed by atoms with van der Waals surface area (Å²) in [6.07, 6.45) is -2.74. The number of anilines is 1. The number of carbonyl (C=O) groups excluding carboxylic acids is 2. The highest BCUT2D eigenvalue weighted by Gasteiger charge is 2.49. The highest BCUT2D eigenvalue weighted by atomic mass is 19.4. The Morgan fingerprint density at radius 2 is 1.86 bits per heavy atom. The molecule has 0 radical (unpaired) electrons. The fourth-order valence-corrected chi connectivity index (χ4v) is 5.31. The molecule has 2 aliphatic heterocycles. The summed E-state index contributed by atoms with van der Waals surface area (Å²) in [5, 5.41) is 9.04. The maximum Gasteiger partial charge on any atom is 0.417 e. The van der Waals surface area contributed by atoms with E-state index in [4.69, 9.17) is 11.0 Å². The smallest absolute Gasteiger partial charge is 0.371 e. The molecular formula is C26H27F3N4O2. The van der Waals surface area contributed by atoms with Crippen molar-refractivity contribution in [1.82, 2.24) is 4.90 Å². The van der Waals surface area contributed by atoms with Gasteiger partial charge in [-0.25, -0.2) is 0 Å². The van der Waals surface area contributed by atoms with Crippen LogP contribution in [0.15, 0.2) is 42.5 Å². The molecule has 4 rings (SSSR count). The Hall–Kier alpha value is -3.54. The minimum Gasteiger partial charge on any atom is -0.371 e. The third kappa shape index (κ3) is 4.97. The van der Waals surface area contributed by atoms with Gasteiger partial charge in [0.25, 0.3) is 0 Å². The van der Waals surface area contributed by atoms with E-state index in [-0.39, 0.29) is 17.7 Å². The average molecular weight is 485 g/mol. The number of halogens is 3. The molecule has 2 aromatic carbocycles. The van der Waals surface area contributed by atoms with E-state index in [0.29, 0.717) is 44.6 Å². The van der Waals surface area contributed by atoms with Crippen molar-refractivity contribution >= 4 is 17.5 Å². The van der Waals surface area contributed by atoms with Gasteiger partial charge in [-0.05, 0) is 60.9 Å². The summed E-state index contributed by atoms with van der Waals surface area (Å²) in [4.78, 5) is 28.8. The molecule has 0 bridgehead atoms. The van der Waals surface area contributed by atoms with Crippen LogP contribution >= 0.6 is 0 Å². The number of nitrogens with zero attached hydrogens (tertiary/aromatic N) is 3. The van der Waals surface area contributed by atoms with Crippen molar-refractivity contribution in [2.45, 2.75) is 44.8 Å². The Balaban J connectivity index is 1.49. The van der Waals surface area contributed by atoms with Crippen LogP contribution in [0, 0.1) is 23.7 Å². The summed E-state index contributed by atoms with van der Waals surface area (Å²) in [5.41, 5.74) is 6.31. The van der Waals surface area contributed by atoms with Crippen molar-refractivity contribution in [3.05, 3.63) is 64.7 Å². The summed E-state index contributed by atoms with van der Waals surface area (Å²) in [6, 6.07) is 12.3. The maximum atomic E-state index is 13.4. The standard InChI is InChI=1S/C26H27F3N4O2/c1-17-4-2-3-5-18(17)12-23(34)33-16-25(14-22(33)24(31)35)8-10-32(11-9-25)20-7-6-19(15-30)21(13-20)26(27,28)29/h2-7,13,22H,8-12,14,16H2,1H3,(H2,31,35). The summed E-state index contributed by atoms with van der Waals surface area (Å²) in [5.74, 6) is -0.686. The molecule has 1 atom stereocenters. The van der Waals surface area contributed by atoms with Gasteiger partial charge < -0.3 is 15.5 Å². The molecule has 0 aromatic heterocycles. The number of aryl methyl sites for hydroxylation is 1. The van der Waals surface area contributed by atoms with Gasteiger partial charge in [0.05, 0.1) is 23.6 Å². The van der Waals surface area contributed by atoms with Gasteiger partial charge in [-0.3, -0.25) is 9.59 Å². The molecule has 35 heavy (non-hydrogen) atoms. The Morgan fingerprint density at radius 3 is 2.46 bits per heavy atom. The van der Waals surface area contributed by atoms with E-state index >= 15 is 0 Å². The zero-order valence-corrected chi connectivity index (χ0v) is 19.4. The minimum atomic E-state index is -4.61. The number of benzene rings is 2.